The van der Waals surface area contributed by atoms with E-state index in [0.29, 0.717) is 12.1 Å². The second kappa shape index (κ2) is 4.36. The van der Waals surface area contributed by atoms with Crippen molar-refractivity contribution in [3.63, 3.8) is 0 Å². The average molecular weight is 243 g/mol. The van der Waals surface area contributed by atoms with E-state index in [9.17, 15) is 0 Å². The second-order valence-corrected chi connectivity index (χ2v) is 5.99. The smallest absolute Gasteiger partial charge is 0.0469 e. The Morgan fingerprint density at radius 3 is 2.17 bits per heavy atom. The van der Waals surface area contributed by atoms with Gasteiger partial charge in [-0.25, -0.2) is 0 Å². The number of ether oxygens (including phenoxy) is 1. The minimum Gasteiger partial charge on any atom is -0.381 e. The van der Waals surface area contributed by atoms with Crippen LogP contribution in [0.5, 0.6) is 0 Å². The normalized spacial score (nSPS) is 31.8. The molecule has 0 spiro atoms. The Hall–Kier alpha value is -0.860. The summed E-state index contributed by atoms with van der Waals surface area (Å²) in [4.78, 5) is 2.78. The summed E-state index contributed by atoms with van der Waals surface area (Å²) in [5.41, 5.74) is 3.22. The molecule has 2 bridgehead atoms. The van der Waals surface area contributed by atoms with E-state index in [-0.39, 0.29) is 0 Å². The van der Waals surface area contributed by atoms with Crippen LogP contribution >= 0.6 is 0 Å². The molecule has 2 nitrogen and oxygen atoms in total. The Morgan fingerprint density at radius 2 is 1.56 bits per heavy atom. The predicted molar refractivity (Wildman–Crippen MR) is 71.4 cm³/mol. The molecule has 0 amide bonds. The second-order valence-electron chi connectivity index (χ2n) is 5.99. The molecule has 18 heavy (non-hydrogen) atoms. The van der Waals surface area contributed by atoms with E-state index in [2.05, 4.69) is 29.2 Å². The topological polar surface area (TPSA) is 12.5 Å². The van der Waals surface area contributed by atoms with Crippen LogP contribution in [0.4, 0.5) is 0 Å². The largest absolute Gasteiger partial charge is 0.381 e. The molecule has 2 unspecified atom stereocenters. The zero-order chi connectivity index (χ0) is 11.9. The van der Waals surface area contributed by atoms with Gasteiger partial charge in [-0.1, -0.05) is 24.3 Å². The molecule has 0 aliphatic carbocycles. The number of nitrogens with zero attached hydrogens (tertiary/aromatic N) is 1. The molecule has 2 atom stereocenters. The van der Waals surface area contributed by atoms with Gasteiger partial charge in [-0.05, 0) is 42.7 Å². The summed E-state index contributed by atoms with van der Waals surface area (Å²) in [6.07, 6.45) is 5.24. The van der Waals surface area contributed by atoms with Gasteiger partial charge in [0, 0.05) is 31.8 Å². The summed E-state index contributed by atoms with van der Waals surface area (Å²) in [5.74, 6) is 0.858. The van der Waals surface area contributed by atoms with Crippen molar-refractivity contribution in [3.8, 4) is 0 Å². The standard InChI is InChI=1S/C16H21NO/c1-2-4-14-13(3-1)15-5-6-16(14)17(15)11-12-7-9-18-10-8-12/h1-4,12,15-16H,5-11H2. The minimum atomic E-state index is 0.717. The summed E-state index contributed by atoms with van der Waals surface area (Å²) in [5, 5.41) is 0. The molecule has 0 saturated carbocycles. The van der Waals surface area contributed by atoms with Gasteiger partial charge >= 0.3 is 0 Å². The summed E-state index contributed by atoms with van der Waals surface area (Å²) in [6, 6.07) is 10.5. The van der Waals surface area contributed by atoms with Crippen LogP contribution in [0, 0.1) is 5.92 Å². The van der Waals surface area contributed by atoms with Crippen LogP contribution in [-0.4, -0.2) is 24.7 Å². The summed E-state index contributed by atoms with van der Waals surface area (Å²) in [7, 11) is 0. The fraction of sp³-hybridized carbons (Fsp3) is 0.625. The van der Waals surface area contributed by atoms with Gasteiger partial charge in [-0.15, -0.1) is 0 Å². The lowest BCUT2D eigenvalue weighted by Crippen LogP contribution is -2.30. The van der Waals surface area contributed by atoms with E-state index in [1.165, 1.54) is 32.2 Å². The van der Waals surface area contributed by atoms with Gasteiger partial charge in [0.1, 0.15) is 0 Å². The van der Waals surface area contributed by atoms with Crippen molar-refractivity contribution < 1.29 is 4.74 Å². The van der Waals surface area contributed by atoms with Gasteiger partial charge in [-0.3, -0.25) is 4.90 Å². The van der Waals surface area contributed by atoms with Crippen LogP contribution in [0.25, 0.3) is 0 Å². The highest BCUT2D eigenvalue weighted by Crippen LogP contribution is 2.53. The molecular formula is C16H21NO. The molecular weight excluding hydrogens is 222 g/mol. The lowest BCUT2D eigenvalue weighted by Gasteiger charge is -2.30. The zero-order valence-electron chi connectivity index (χ0n) is 10.8. The number of hydrogen-bond acceptors (Lipinski definition) is 2. The maximum absolute atomic E-state index is 5.48. The highest BCUT2D eigenvalue weighted by Gasteiger charge is 2.43. The lowest BCUT2D eigenvalue weighted by atomic mass is 9.92. The molecule has 3 heterocycles. The molecule has 96 valence electrons. The van der Waals surface area contributed by atoms with E-state index < -0.39 is 0 Å². The average Bonchev–Trinajstić information content (AvgIpc) is 2.96. The van der Waals surface area contributed by atoms with E-state index in [1.807, 2.05) is 0 Å². The van der Waals surface area contributed by atoms with Crippen LogP contribution in [-0.2, 0) is 4.74 Å². The first-order chi connectivity index (χ1) is 8.93. The van der Waals surface area contributed by atoms with E-state index in [4.69, 9.17) is 4.74 Å². The Balaban J connectivity index is 1.55. The van der Waals surface area contributed by atoms with E-state index in [0.717, 1.165) is 19.1 Å². The molecule has 1 aromatic rings. The molecule has 2 saturated heterocycles. The van der Waals surface area contributed by atoms with E-state index in [1.54, 1.807) is 11.1 Å². The first kappa shape index (κ1) is 11.0. The minimum absolute atomic E-state index is 0.717. The Kier molecular flexibility index (Phi) is 2.66. The van der Waals surface area contributed by atoms with Crippen molar-refractivity contribution >= 4 is 0 Å². The Labute approximate surface area is 109 Å². The quantitative estimate of drug-likeness (QED) is 0.790. The third-order valence-electron chi connectivity index (χ3n) is 5.04. The van der Waals surface area contributed by atoms with Crippen LogP contribution in [0.3, 0.4) is 0 Å². The zero-order valence-corrected chi connectivity index (χ0v) is 10.8. The molecule has 2 fully saturated rings. The SMILES string of the molecule is c1ccc2c(c1)C1CCC2N1CC1CCOCC1. The van der Waals surface area contributed by atoms with Gasteiger partial charge in [0.05, 0.1) is 0 Å². The first-order valence-corrected chi connectivity index (χ1v) is 7.36. The maximum Gasteiger partial charge on any atom is 0.0469 e. The summed E-state index contributed by atoms with van der Waals surface area (Å²) in [6.45, 7) is 3.23. The lowest BCUT2D eigenvalue weighted by molar-refractivity contribution is 0.0468. The van der Waals surface area contributed by atoms with Crippen molar-refractivity contribution in [2.75, 3.05) is 19.8 Å². The van der Waals surface area contributed by atoms with Gasteiger partial charge < -0.3 is 4.74 Å². The highest BCUT2D eigenvalue weighted by molar-refractivity contribution is 5.39. The first-order valence-electron chi connectivity index (χ1n) is 7.36. The molecule has 3 aliphatic rings. The van der Waals surface area contributed by atoms with E-state index >= 15 is 0 Å². The molecule has 1 aromatic carbocycles. The molecule has 2 heteroatoms. The third kappa shape index (κ3) is 1.63. The molecule has 0 radical (unpaired) electrons. The monoisotopic (exact) mass is 243 g/mol. The molecule has 3 aliphatic heterocycles. The van der Waals surface area contributed by atoms with Gasteiger partial charge in [0.2, 0.25) is 0 Å². The van der Waals surface area contributed by atoms with Crippen LogP contribution in [0.2, 0.25) is 0 Å². The third-order valence-corrected chi connectivity index (χ3v) is 5.04. The highest BCUT2D eigenvalue weighted by atomic mass is 16.5. The number of benzene rings is 1. The van der Waals surface area contributed by atoms with Crippen LogP contribution in [0.1, 0.15) is 48.9 Å². The summed E-state index contributed by atoms with van der Waals surface area (Å²) < 4.78 is 5.48. The van der Waals surface area contributed by atoms with Crippen molar-refractivity contribution in [2.45, 2.75) is 37.8 Å². The van der Waals surface area contributed by atoms with Crippen LogP contribution in [0.15, 0.2) is 24.3 Å². The molecule has 0 aromatic heterocycles. The Bertz CT molecular complexity index is 407. The van der Waals surface area contributed by atoms with Gasteiger partial charge in [0.25, 0.3) is 0 Å². The number of fused-ring (bicyclic) bond motifs is 5. The predicted octanol–water partition coefficient (Wildman–Crippen LogP) is 3.30. The maximum atomic E-state index is 5.48. The number of hydrogen-bond donors (Lipinski definition) is 0. The Morgan fingerprint density at radius 1 is 0.944 bits per heavy atom. The number of rotatable bonds is 2. The summed E-state index contributed by atoms with van der Waals surface area (Å²) >= 11 is 0. The fourth-order valence-corrected chi connectivity index (χ4v) is 4.13. The van der Waals surface area contributed by atoms with Crippen molar-refractivity contribution in [1.29, 1.82) is 0 Å². The van der Waals surface area contributed by atoms with Crippen molar-refractivity contribution in [1.82, 2.24) is 4.90 Å². The molecule has 4 rings (SSSR count). The van der Waals surface area contributed by atoms with Gasteiger partial charge in [0.15, 0.2) is 0 Å². The van der Waals surface area contributed by atoms with Gasteiger partial charge in [-0.2, -0.15) is 0 Å². The fourth-order valence-electron chi connectivity index (χ4n) is 4.13. The van der Waals surface area contributed by atoms with Crippen LogP contribution < -0.4 is 0 Å². The van der Waals surface area contributed by atoms with Crippen molar-refractivity contribution in [2.24, 2.45) is 5.92 Å². The van der Waals surface area contributed by atoms with Crippen molar-refractivity contribution in [3.05, 3.63) is 35.4 Å². The molecule has 0 N–H and O–H groups in total.